The molecule has 0 amide bonds. The van der Waals surface area contributed by atoms with Crippen LogP contribution in [0.1, 0.15) is 0 Å². The first kappa shape index (κ1) is 8.13. The molecule has 0 saturated heterocycles. The standard InChI is InChI=1S/C3H8ClNO3/c4-5-3(8)2(7)1-6/h2-3,5-8H,1H2. The second-order valence-electron chi connectivity index (χ2n) is 1.30. The fourth-order valence-corrected chi connectivity index (χ4v) is 0.318. The molecule has 0 aliphatic carbocycles. The van der Waals surface area contributed by atoms with E-state index in [0.717, 1.165) is 0 Å². The van der Waals surface area contributed by atoms with Crippen molar-refractivity contribution in [2.75, 3.05) is 6.61 Å². The lowest BCUT2D eigenvalue weighted by atomic mass is 10.3. The summed E-state index contributed by atoms with van der Waals surface area (Å²) in [6.07, 6.45) is -2.48. The number of hydrogen-bond donors (Lipinski definition) is 4. The van der Waals surface area contributed by atoms with Crippen LogP contribution in [0, 0.1) is 0 Å². The van der Waals surface area contributed by atoms with Crippen LogP contribution in [-0.2, 0) is 0 Å². The van der Waals surface area contributed by atoms with E-state index in [4.69, 9.17) is 27.1 Å². The minimum Gasteiger partial charge on any atom is -0.394 e. The normalized spacial score (nSPS) is 18.0. The second-order valence-corrected chi connectivity index (χ2v) is 1.52. The molecule has 0 heterocycles. The summed E-state index contributed by atoms with van der Waals surface area (Å²) in [4.78, 5) is 1.83. The highest BCUT2D eigenvalue weighted by Gasteiger charge is 2.11. The molecule has 50 valence electrons. The molecule has 0 aromatic heterocycles. The third kappa shape index (κ3) is 2.44. The Morgan fingerprint density at radius 3 is 2.12 bits per heavy atom. The lowest BCUT2D eigenvalue weighted by Gasteiger charge is -2.11. The van der Waals surface area contributed by atoms with Crippen molar-refractivity contribution in [1.82, 2.24) is 4.84 Å². The van der Waals surface area contributed by atoms with E-state index >= 15 is 0 Å². The van der Waals surface area contributed by atoms with Crippen LogP contribution < -0.4 is 4.84 Å². The summed E-state index contributed by atoms with van der Waals surface area (Å²) in [6.45, 7) is -0.513. The van der Waals surface area contributed by atoms with Crippen molar-refractivity contribution in [2.24, 2.45) is 0 Å². The number of aliphatic hydroxyl groups excluding tert-OH is 3. The second kappa shape index (κ2) is 4.05. The van der Waals surface area contributed by atoms with E-state index in [-0.39, 0.29) is 0 Å². The van der Waals surface area contributed by atoms with E-state index in [1.54, 1.807) is 0 Å². The molecule has 0 fully saturated rings. The Balaban J connectivity index is 3.29. The molecular weight excluding hydrogens is 133 g/mol. The minimum absolute atomic E-state index is 0.513. The molecule has 4 N–H and O–H groups in total. The van der Waals surface area contributed by atoms with E-state index < -0.39 is 18.9 Å². The Labute approximate surface area is 51.8 Å². The molecule has 4 nitrogen and oxygen atoms in total. The highest BCUT2D eigenvalue weighted by Crippen LogP contribution is 1.87. The van der Waals surface area contributed by atoms with Crippen molar-refractivity contribution in [3.05, 3.63) is 0 Å². The Hall–Kier alpha value is 0.130. The van der Waals surface area contributed by atoms with Crippen LogP contribution in [-0.4, -0.2) is 34.3 Å². The summed E-state index contributed by atoms with van der Waals surface area (Å²) in [6, 6.07) is 0. The number of rotatable bonds is 3. The van der Waals surface area contributed by atoms with Crippen LogP contribution in [0.25, 0.3) is 0 Å². The molecule has 0 aliphatic heterocycles. The number of halogens is 1. The van der Waals surface area contributed by atoms with Crippen LogP contribution in [0.4, 0.5) is 0 Å². The molecule has 8 heavy (non-hydrogen) atoms. The number of aliphatic hydroxyl groups is 3. The van der Waals surface area contributed by atoms with Crippen molar-refractivity contribution >= 4 is 11.8 Å². The fraction of sp³-hybridized carbons (Fsp3) is 1.00. The van der Waals surface area contributed by atoms with Crippen molar-refractivity contribution in [3.8, 4) is 0 Å². The van der Waals surface area contributed by atoms with Crippen LogP contribution in [0.15, 0.2) is 0 Å². The highest BCUT2D eigenvalue weighted by atomic mass is 35.5. The minimum atomic E-state index is -1.26. The average molecular weight is 142 g/mol. The van der Waals surface area contributed by atoms with Crippen LogP contribution in [0.2, 0.25) is 0 Å². The van der Waals surface area contributed by atoms with Gasteiger partial charge in [-0.15, -0.1) is 0 Å². The van der Waals surface area contributed by atoms with Crippen LogP contribution >= 0.6 is 11.8 Å². The summed E-state index contributed by atoms with van der Waals surface area (Å²) in [5, 5.41) is 25.1. The third-order valence-corrected chi connectivity index (χ3v) is 0.887. The van der Waals surface area contributed by atoms with Gasteiger partial charge in [0.2, 0.25) is 0 Å². The van der Waals surface area contributed by atoms with Crippen molar-refractivity contribution in [3.63, 3.8) is 0 Å². The summed E-state index contributed by atoms with van der Waals surface area (Å²) in [5.74, 6) is 0. The van der Waals surface area contributed by atoms with Crippen LogP contribution in [0.3, 0.4) is 0 Å². The van der Waals surface area contributed by atoms with E-state index in [0.29, 0.717) is 0 Å². The maximum atomic E-state index is 8.48. The van der Waals surface area contributed by atoms with Gasteiger partial charge >= 0.3 is 0 Å². The van der Waals surface area contributed by atoms with Crippen molar-refractivity contribution in [1.29, 1.82) is 0 Å². The van der Waals surface area contributed by atoms with Gasteiger partial charge in [0.25, 0.3) is 0 Å². The lowest BCUT2D eigenvalue weighted by molar-refractivity contribution is -0.0188. The molecule has 5 heteroatoms. The van der Waals surface area contributed by atoms with Gasteiger partial charge in [-0.1, -0.05) is 0 Å². The highest BCUT2D eigenvalue weighted by molar-refractivity contribution is 6.13. The van der Waals surface area contributed by atoms with Crippen molar-refractivity contribution < 1.29 is 15.3 Å². The molecular formula is C3H8ClNO3. The van der Waals surface area contributed by atoms with E-state index in [2.05, 4.69) is 0 Å². The van der Waals surface area contributed by atoms with E-state index in [9.17, 15) is 0 Å². The lowest BCUT2D eigenvalue weighted by Crippen LogP contribution is -2.36. The smallest absolute Gasteiger partial charge is 0.146 e. The van der Waals surface area contributed by atoms with Gasteiger partial charge in [-0.25, -0.2) is 4.84 Å². The Bertz CT molecular complexity index is 54.5. The zero-order valence-corrected chi connectivity index (χ0v) is 4.84. The first-order chi connectivity index (χ1) is 3.72. The molecule has 0 aliphatic rings. The predicted molar refractivity (Wildman–Crippen MR) is 28.1 cm³/mol. The van der Waals surface area contributed by atoms with Gasteiger partial charge in [0, 0.05) is 0 Å². The van der Waals surface area contributed by atoms with Gasteiger partial charge < -0.3 is 15.3 Å². The van der Waals surface area contributed by atoms with Crippen molar-refractivity contribution in [2.45, 2.75) is 12.3 Å². The average Bonchev–Trinajstić information content (AvgIpc) is 1.84. The summed E-state index contributed by atoms with van der Waals surface area (Å²) < 4.78 is 0. The Morgan fingerprint density at radius 1 is 1.50 bits per heavy atom. The predicted octanol–water partition coefficient (Wildman–Crippen LogP) is -1.60. The topological polar surface area (TPSA) is 72.7 Å². The van der Waals surface area contributed by atoms with E-state index in [1.165, 1.54) is 0 Å². The molecule has 0 radical (unpaired) electrons. The molecule has 0 rings (SSSR count). The largest absolute Gasteiger partial charge is 0.394 e. The molecule has 2 unspecified atom stereocenters. The maximum absolute atomic E-state index is 8.48. The molecule has 0 aromatic carbocycles. The molecule has 0 aromatic rings. The zero-order chi connectivity index (χ0) is 6.57. The van der Waals surface area contributed by atoms with Gasteiger partial charge in [-0.3, -0.25) is 0 Å². The molecule has 0 saturated carbocycles. The Kier molecular flexibility index (Phi) is 4.12. The first-order valence-corrected chi connectivity index (χ1v) is 2.43. The summed E-state index contributed by atoms with van der Waals surface area (Å²) in [7, 11) is 0. The van der Waals surface area contributed by atoms with Gasteiger partial charge in [0.1, 0.15) is 12.3 Å². The molecule has 2 atom stereocenters. The maximum Gasteiger partial charge on any atom is 0.146 e. The quantitative estimate of drug-likeness (QED) is 0.282. The van der Waals surface area contributed by atoms with Gasteiger partial charge in [0.15, 0.2) is 0 Å². The number of nitrogens with one attached hydrogen (secondary N) is 1. The van der Waals surface area contributed by atoms with Gasteiger partial charge in [-0.05, 0) is 11.8 Å². The summed E-state index contributed by atoms with van der Waals surface area (Å²) in [5.41, 5.74) is 0. The summed E-state index contributed by atoms with van der Waals surface area (Å²) >= 11 is 4.85. The first-order valence-electron chi connectivity index (χ1n) is 2.05. The van der Waals surface area contributed by atoms with Crippen LogP contribution in [0.5, 0.6) is 0 Å². The monoisotopic (exact) mass is 141 g/mol. The van der Waals surface area contributed by atoms with E-state index in [1.807, 2.05) is 4.84 Å². The van der Waals surface area contributed by atoms with Gasteiger partial charge in [0.05, 0.1) is 6.61 Å². The Morgan fingerprint density at radius 2 is 2.00 bits per heavy atom. The third-order valence-electron chi connectivity index (χ3n) is 0.663. The molecule has 0 bridgehead atoms. The number of hydrogen-bond acceptors (Lipinski definition) is 4. The SMILES string of the molecule is OCC(O)C(O)NCl. The molecule has 0 spiro atoms. The van der Waals surface area contributed by atoms with Gasteiger partial charge in [-0.2, -0.15) is 0 Å². The zero-order valence-electron chi connectivity index (χ0n) is 4.08. The fourth-order valence-electron chi connectivity index (χ4n) is 0.173.